The highest BCUT2D eigenvalue weighted by molar-refractivity contribution is 6.07. The number of benzene rings is 2. The third-order valence-corrected chi connectivity index (χ3v) is 3.00. The summed E-state index contributed by atoms with van der Waals surface area (Å²) in [5, 5.41) is 2.82. The van der Waals surface area contributed by atoms with Crippen LogP contribution in [0.2, 0.25) is 0 Å². The Morgan fingerprint density at radius 1 is 1.19 bits per heavy atom. The van der Waals surface area contributed by atoms with Gasteiger partial charge in [0.25, 0.3) is 5.91 Å². The molecule has 0 saturated heterocycles. The van der Waals surface area contributed by atoms with Gasteiger partial charge in [-0.25, -0.2) is 0 Å². The third-order valence-electron chi connectivity index (χ3n) is 3.00. The zero-order valence-electron chi connectivity index (χ0n) is 12.1. The monoisotopic (exact) mass is 286 g/mol. The van der Waals surface area contributed by atoms with Crippen LogP contribution in [0.1, 0.15) is 15.9 Å². The molecule has 0 atom stereocenters. The fourth-order valence-corrected chi connectivity index (χ4v) is 1.98. The molecule has 0 heterocycles. The fraction of sp³-hybridized carbons (Fsp3) is 0.188. The average Bonchev–Trinajstić information content (AvgIpc) is 2.47. The summed E-state index contributed by atoms with van der Waals surface area (Å²) in [6.07, 6.45) is 0. The van der Waals surface area contributed by atoms with Crippen molar-refractivity contribution in [2.24, 2.45) is 0 Å². The molecule has 5 heteroatoms. The third kappa shape index (κ3) is 3.73. The number of carbonyl (C=O) groups is 1. The standard InChI is InChI=1S/C16H18N2O3/c1-20-10-11-4-3-5-12(8-11)18-16(19)14-7-6-13(21-2)9-15(14)17/h3-9H,10,17H2,1-2H3,(H,18,19). The van der Waals surface area contributed by atoms with Crippen LogP contribution >= 0.6 is 0 Å². The first-order valence-corrected chi connectivity index (χ1v) is 6.47. The van der Waals surface area contributed by atoms with Gasteiger partial charge in [-0.05, 0) is 29.8 Å². The Morgan fingerprint density at radius 3 is 2.67 bits per heavy atom. The highest BCUT2D eigenvalue weighted by Crippen LogP contribution is 2.21. The Labute approximate surface area is 123 Å². The van der Waals surface area contributed by atoms with Crippen molar-refractivity contribution < 1.29 is 14.3 Å². The Balaban J connectivity index is 2.16. The minimum Gasteiger partial charge on any atom is -0.497 e. The smallest absolute Gasteiger partial charge is 0.257 e. The maximum Gasteiger partial charge on any atom is 0.257 e. The van der Waals surface area contributed by atoms with Gasteiger partial charge in [-0.3, -0.25) is 4.79 Å². The Bertz CT molecular complexity index is 641. The fourth-order valence-electron chi connectivity index (χ4n) is 1.98. The SMILES string of the molecule is COCc1cccc(NC(=O)c2ccc(OC)cc2N)c1. The predicted octanol–water partition coefficient (Wildman–Crippen LogP) is 2.68. The Hall–Kier alpha value is -2.53. The summed E-state index contributed by atoms with van der Waals surface area (Å²) in [7, 11) is 3.18. The van der Waals surface area contributed by atoms with Crippen LogP contribution < -0.4 is 15.8 Å². The second kappa shape index (κ2) is 6.76. The molecule has 3 N–H and O–H groups in total. The second-order valence-electron chi connectivity index (χ2n) is 4.54. The second-order valence-corrected chi connectivity index (χ2v) is 4.54. The first-order valence-electron chi connectivity index (χ1n) is 6.47. The van der Waals surface area contributed by atoms with E-state index in [1.54, 1.807) is 32.4 Å². The van der Waals surface area contributed by atoms with E-state index in [9.17, 15) is 4.79 Å². The zero-order chi connectivity index (χ0) is 15.2. The van der Waals surface area contributed by atoms with Gasteiger partial charge in [-0.2, -0.15) is 0 Å². The molecule has 0 bridgehead atoms. The van der Waals surface area contributed by atoms with Crippen LogP contribution in [0.5, 0.6) is 5.75 Å². The van der Waals surface area contributed by atoms with Crippen molar-refractivity contribution in [3.05, 3.63) is 53.6 Å². The molecule has 0 spiro atoms. The maximum atomic E-state index is 12.2. The number of ether oxygens (including phenoxy) is 2. The molecule has 0 saturated carbocycles. The average molecular weight is 286 g/mol. The minimum absolute atomic E-state index is 0.260. The van der Waals surface area contributed by atoms with E-state index < -0.39 is 0 Å². The first kappa shape index (κ1) is 14.9. The van der Waals surface area contributed by atoms with Crippen molar-refractivity contribution in [2.45, 2.75) is 6.61 Å². The molecule has 0 aromatic heterocycles. The van der Waals surface area contributed by atoms with Crippen molar-refractivity contribution in [1.29, 1.82) is 0 Å². The number of nitrogens with two attached hydrogens (primary N) is 1. The number of nitrogens with one attached hydrogen (secondary N) is 1. The van der Waals surface area contributed by atoms with Crippen molar-refractivity contribution in [1.82, 2.24) is 0 Å². The molecule has 110 valence electrons. The lowest BCUT2D eigenvalue weighted by Gasteiger charge is -2.10. The topological polar surface area (TPSA) is 73.6 Å². The molecule has 1 amide bonds. The molecule has 0 unspecified atom stereocenters. The van der Waals surface area contributed by atoms with Gasteiger partial charge in [0.05, 0.1) is 19.3 Å². The van der Waals surface area contributed by atoms with Crippen LogP contribution in [0, 0.1) is 0 Å². The molecule has 0 aliphatic carbocycles. The van der Waals surface area contributed by atoms with Crippen LogP contribution in [0.25, 0.3) is 0 Å². The molecular formula is C16H18N2O3. The van der Waals surface area contributed by atoms with Gasteiger partial charge in [0, 0.05) is 24.6 Å². The summed E-state index contributed by atoms with van der Waals surface area (Å²) in [6.45, 7) is 0.494. The van der Waals surface area contributed by atoms with E-state index >= 15 is 0 Å². The number of hydrogen-bond acceptors (Lipinski definition) is 4. The highest BCUT2D eigenvalue weighted by atomic mass is 16.5. The maximum absolute atomic E-state index is 12.2. The van der Waals surface area contributed by atoms with Crippen molar-refractivity contribution >= 4 is 17.3 Å². The molecular weight excluding hydrogens is 268 g/mol. The number of amides is 1. The number of hydrogen-bond donors (Lipinski definition) is 2. The van der Waals surface area contributed by atoms with Gasteiger partial charge in [-0.15, -0.1) is 0 Å². The van der Waals surface area contributed by atoms with E-state index in [-0.39, 0.29) is 5.91 Å². The minimum atomic E-state index is -0.260. The molecule has 0 aliphatic heterocycles. The number of carbonyl (C=O) groups excluding carboxylic acids is 1. The van der Waals surface area contributed by atoms with Crippen LogP contribution in [0.15, 0.2) is 42.5 Å². The molecule has 21 heavy (non-hydrogen) atoms. The van der Waals surface area contributed by atoms with E-state index in [1.807, 2.05) is 24.3 Å². The lowest BCUT2D eigenvalue weighted by atomic mass is 10.1. The molecule has 2 rings (SSSR count). The van der Waals surface area contributed by atoms with Crippen LogP contribution in [-0.2, 0) is 11.3 Å². The van der Waals surface area contributed by atoms with E-state index in [2.05, 4.69) is 5.32 Å². The summed E-state index contributed by atoms with van der Waals surface area (Å²) < 4.78 is 10.1. The van der Waals surface area contributed by atoms with E-state index in [1.165, 1.54) is 0 Å². The molecule has 0 fully saturated rings. The first-order chi connectivity index (χ1) is 10.1. The van der Waals surface area contributed by atoms with Gasteiger partial charge in [0.1, 0.15) is 5.75 Å². The number of rotatable bonds is 5. The van der Waals surface area contributed by atoms with Crippen molar-refractivity contribution in [3.8, 4) is 5.75 Å². The molecule has 5 nitrogen and oxygen atoms in total. The van der Waals surface area contributed by atoms with E-state index in [0.29, 0.717) is 29.3 Å². The highest BCUT2D eigenvalue weighted by Gasteiger charge is 2.11. The zero-order valence-corrected chi connectivity index (χ0v) is 12.1. The molecule has 2 aromatic rings. The predicted molar refractivity (Wildman–Crippen MR) is 82.5 cm³/mol. The van der Waals surface area contributed by atoms with E-state index in [0.717, 1.165) is 5.56 Å². The van der Waals surface area contributed by atoms with Gasteiger partial charge >= 0.3 is 0 Å². The van der Waals surface area contributed by atoms with Crippen molar-refractivity contribution in [3.63, 3.8) is 0 Å². The summed E-state index contributed by atoms with van der Waals surface area (Å²) in [5.41, 5.74) is 8.34. The van der Waals surface area contributed by atoms with Gasteiger partial charge in [0.2, 0.25) is 0 Å². The normalized spacial score (nSPS) is 10.2. The number of methoxy groups -OCH3 is 2. The summed E-state index contributed by atoms with van der Waals surface area (Å²) >= 11 is 0. The molecule has 0 aliphatic rings. The number of anilines is 2. The Morgan fingerprint density at radius 2 is 2.00 bits per heavy atom. The van der Waals surface area contributed by atoms with Crippen LogP contribution in [0.4, 0.5) is 11.4 Å². The summed E-state index contributed by atoms with van der Waals surface area (Å²) in [4.78, 5) is 12.2. The molecule has 2 aromatic carbocycles. The number of nitrogen functional groups attached to an aromatic ring is 1. The van der Waals surface area contributed by atoms with Crippen LogP contribution in [0.3, 0.4) is 0 Å². The van der Waals surface area contributed by atoms with Gasteiger partial charge in [-0.1, -0.05) is 12.1 Å². The lowest BCUT2D eigenvalue weighted by Crippen LogP contribution is -2.14. The van der Waals surface area contributed by atoms with Crippen LogP contribution in [-0.4, -0.2) is 20.1 Å². The lowest BCUT2D eigenvalue weighted by molar-refractivity contribution is 0.102. The van der Waals surface area contributed by atoms with Gasteiger partial charge < -0.3 is 20.5 Å². The van der Waals surface area contributed by atoms with Gasteiger partial charge in [0.15, 0.2) is 0 Å². The summed E-state index contributed by atoms with van der Waals surface area (Å²) in [6, 6.07) is 12.4. The van der Waals surface area contributed by atoms with Crippen molar-refractivity contribution in [2.75, 3.05) is 25.3 Å². The quantitative estimate of drug-likeness (QED) is 0.829. The summed E-state index contributed by atoms with van der Waals surface area (Å²) in [5.74, 6) is 0.357. The molecule has 0 radical (unpaired) electrons. The largest absolute Gasteiger partial charge is 0.497 e. The Kier molecular flexibility index (Phi) is 4.79. The van der Waals surface area contributed by atoms with E-state index in [4.69, 9.17) is 15.2 Å².